The van der Waals surface area contributed by atoms with Crippen molar-refractivity contribution in [2.24, 2.45) is 10.2 Å². The zero-order valence-corrected chi connectivity index (χ0v) is 19.1. The standard InChI is InChI=1S/C24H20BrN3O2S/c1-2-14-28-23(29)22(15-17-6-4-3-5-7-17)31-24(28)27-26-16-20-12-13-21(30-20)18-8-10-19(25)11-9-18/h2-13,16,22H,1,14-15H2/b26-16-,27-24+/t22-/m1/s1. The topological polar surface area (TPSA) is 58.2 Å². The van der Waals surface area contributed by atoms with Crippen LogP contribution in [0, 0.1) is 0 Å². The van der Waals surface area contributed by atoms with Gasteiger partial charge in [-0.05, 0) is 36.2 Å². The van der Waals surface area contributed by atoms with E-state index >= 15 is 0 Å². The summed E-state index contributed by atoms with van der Waals surface area (Å²) in [6, 6.07) is 21.6. The van der Waals surface area contributed by atoms with Crippen LogP contribution in [0.3, 0.4) is 0 Å². The van der Waals surface area contributed by atoms with Crippen molar-refractivity contribution < 1.29 is 9.21 Å². The van der Waals surface area contributed by atoms with Crippen LogP contribution in [0.2, 0.25) is 0 Å². The fourth-order valence-corrected chi connectivity index (χ4v) is 4.58. The third kappa shape index (κ3) is 5.24. The van der Waals surface area contributed by atoms with Gasteiger partial charge in [0.15, 0.2) is 5.17 Å². The van der Waals surface area contributed by atoms with Crippen molar-refractivity contribution in [2.75, 3.05) is 6.54 Å². The van der Waals surface area contributed by atoms with Crippen molar-refractivity contribution in [2.45, 2.75) is 11.7 Å². The summed E-state index contributed by atoms with van der Waals surface area (Å²) in [7, 11) is 0. The van der Waals surface area contributed by atoms with Gasteiger partial charge in [0.1, 0.15) is 11.5 Å². The Labute approximate surface area is 193 Å². The van der Waals surface area contributed by atoms with Crippen LogP contribution >= 0.6 is 27.7 Å². The number of furan rings is 1. The Morgan fingerprint density at radius 1 is 1.10 bits per heavy atom. The molecule has 1 atom stereocenters. The van der Waals surface area contributed by atoms with Gasteiger partial charge < -0.3 is 4.42 Å². The number of hydrogen-bond acceptors (Lipinski definition) is 5. The summed E-state index contributed by atoms with van der Waals surface area (Å²) in [6.45, 7) is 4.16. The molecule has 1 aliphatic rings. The van der Waals surface area contributed by atoms with Gasteiger partial charge in [-0.3, -0.25) is 9.69 Å². The number of halogens is 1. The van der Waals surface area contributed by atoms with Crippen LogP contribution in [0.5, 0.6) is 0 Å². The van der Waals surface area contributed by atoms with Crippen LogP contribution < -0.4 is 0 Å². The summed E-state index contributed by atoms with van der Waals surface area (Å²) in [5.41, 5.74) is 2.10. The van der Waals surface area contributed by atoms with Gasteiger partial charge in [0.25, 0.3) is 0 Å². The molecule has 2 aromatic carbocycles. The maximum atomic E-state index is 12.8. The van der Waals surface area contributed by atoms with E-state index in [0.717, 1.165) is 21.4 Å². The van der Waals surface area contributed by atoms with E-state index < -0.39 is 0 Å². The summed E-state index contributed by atoms with van der Waals surface area (Å²) in [6.07, 6.45) is 3.89. The van der Waals surface area contributed by atoms with E-state index in [1.807, 2.05) is 66.7 Å². The largest absolute Gasteiger partial charge is 0.455 e. The fourth-order valence-electron chi connectivity index (χ4n) is 3.17. The normalized spacial score (nSPS) is 17.7. The lowest BCUT2D eigenvalue weighted by Crippen LogP contribution is -2.32. The van der Waals surface area contributed by atoms with Crippen LogP contribution in [0.4, 0.5) is 0 Å². The first-order valence-electron chi connectivity index (χ1n) is 9.73. The van der Waals surface area contributed by atoms with Crippen molar-refractivity contribution in [1.82, 2.24) is 4.90 Å². The number of amidine groups is 1. The minimum atomic E-state index is -0.219. The molecule has 0 N–H and O–H groups in total. The zero-order valence-electron chi connectivity index (χ0n) is 16.6. The zero-order chi connectivity index (χ0) is 21.6. The Balaban J connectivity index is 1.47. The summed E-state index contributed by atoms with van der Waals surface area (Å²) < 4.78 is 6.85. The average Bonchev–Trinajstić information content (AvgIpc) is 3.36. The molecule has 0 spiro atoms. The van der Waals surface area contributed by atoms with E-state index in [9.17, 15) is 4.79 Å². The molecule has 0 aliphatic carbocycles. The number of benzene rings is 2. The van der Waals surface area contributed by atoms with Crippen molar-refractivity contribution in [3.05, 3.63) is 95.2 Å². The lowest BCUT2D eigenvalue weighted by molar-refractivity contribution is -0.125. The molecule has 1 saturated heterocycles. The molecule has 156 valence electrons. The highest BCUT2D eigenvalue weighted by molar-refractivity contribution is 9.10. The van der Waals surface area contributed by atoms with E-state index in [-0.39, 0.29) is 11.2 Å². The van der Waals surface area contributed by atoms with Gasteiger partial charge in [-0.1, -0.05) is 76.2 Å². The molecule has 2 heterocycles. The molecule has 0 bridgehead atoms. The number of nitrogens with zero attached hydrogens (tertiary/aromatic N) is 3. The SMILES string of the molecule is C=CCN1C(=O)[C@@H](Cc2ccccc2)S/C1=N/N=C\c1ccc(-c2ccc(Br)cc2)o1. The van der Waals surface area contributed by atoms with Gasteiger partial charge >= 0.3 is 0 Å². The van der Waals surface area contributed by atoms with E-state index in [4.69, 9.17) is 4.42 Å². The van der Waals surface area contributed by atoms with Gasteiger partial charge in [-0.15, -0.1) is 11.7 Å². The molecule has 1 fully saturated rings. The number of thioether (sulfide) groups is 1. The Kier molecular flexibility index (Phi) is 6.84. The van der Waals surface area contributed by atoms with Gasteiger partial charge in [-0.25, -0.2) is 0 Å². The molecule has 0 unspecified atom stereocenters. The number of hydrogen-bond donors (Lipinski definition) is 0. The van der Waals surface area contributed by atoms with Crippen molar-refractivity contribution in [1.29, 1.82) is 0 Å². The van der Waals surface area contributed by atoms with Crippen molar-refractivity contribution in [3.63, 3.8) is 0 Å². The second-order valence-corrected chi connectivity index (χ2v) is 8.96. The highest BCUT2D eigenvalue weighted by Crippen LogP contribution is 2.30. The lowest BCUT2D eigenvalue weighted by atomic mass is 10.1. The summed E-state index contributed by atoms with van der Waals surface area (Å²) in [5.74, 6) is 1.37. The van der Waals surface area contributed by atoms with Crippen molar-refractivity contribution in [3.8, 4) is 11.3 Å². The molecule has 31 heavy (non-hydrogen) atoms. The fraction of sp³-hybridized carbons (Fsp3) is 0.125. The summed E-state index contributed by atoms with van der Waals surface area (Å²) in [5, 5.41) is 8.81. The highest BCUT2D eigenvalue weighted by atomic mass is 79.9. The molecule has 1 amide bonds. The predicted molar refractivity (Wildman–Crippen MR) is 130 cm³/mol. The van der Waals surface area contributed by atoms with E-state index in [1.165, 1.54) is 11.8 Å². The minimum Gasteiger partial charge on any atom is -0.455 e. The van der Waals surface area contributed by atoms with Crippen LogP contribution in [0.25, 0.3) is 11.3 Å². The summed E-state index contributed by atoms with van der Waals surface area (Å²) in [4.78, 5) is 14.5. The molecular formula is C24H20BrN3O2S. The Hall–Kier alpha value is -2.90. The number of carbonyl (C=O) groups is 1. The van der Waals surface area contributed by atoms with E-state index in [2.05, 4.69) is 32.7 Å². The van der Waals surface area contributed by atoms with E-state index in [0.29, 0.717) is 23.9 Å². The minimum absolute atomic E-state index is 0.0261. The maximum Gasteiger partial charge on any atom is 0.242 e. The quantitative estimate of drug-likeness (QED) is 0.238. The smallest absolute Gasteiger partial charge is 0.242 e. The Morgan fingerprint density at radius 3 is 2.61 bits per heavy atom. The third-order valence-electron chi connectivity index (χ3n) is 4.68. The number of rotatable bonds is 7. The lowest BCUT2D eigenvalue weighted by Gasteiger charge is -2.12. The van der Waals surface area contributed by atoms with Gasteiger partial charge in [0.2, 0.25) is 5.91 Å². The van der Waals surface area contributed by atoms with Gasteiger partial charge in [0, 0.05) is 16.6 Å². The van der Waals surface area contributed by atoms with Crippen molar-refractivity contribution >= 4 is 45.0 Å². The Morgan fingerprint density at radius 2 is 1.87 bits per heavy atom. The molecule has 0 radical (unpaired) electrons. The van der Waals surface area contributed by atoms with E-state index in [1.54, 1.807) is 17.2 Å². The molecule has 3 aromatic rings. The molecule has 4 rings (SSSR count). The summed E-state index contributed by atoms with van der Waals surface area (Å²) >= 11 is 4.86. The predicted octanol–water partition coefficient (Wildman–Crippen LogP) is 5.77. The molecule has 0 saturated carbocycles. The maximum absolute atomic E-state index is 12.8. The molecule has 5 nitrogen and oxygen atoms in total. The van der Waals surface area contributed by atoms with Crippen LogP contribution in [0.1, 0.15) is 11.3 Å². The van der Waals surface area contributed by atoms with Crippen LogP contribution in [0.15, 0.2) is 98.5 Å². The first-order chi connectivity index (χ1) is 15.1. The third-order valence-corrected chi connectivity index (χ3v) is 6.37. The Bertz CT molecular complexity index is 1120. The first kappa shape index (κ1) is 21.3. The van der Waals surface area contributed by atoms with Gasteiger partial charge in [-0.2, -0.15) is 5.10 Å². The van der Waals surface area contributed by atoms with Crippen LogP contribution in [-0.4, -0.2) is 34.0 Å². The molecular weight excluding hydrogens is 474 g/mol. The second-order valence-electron chi connectivity index (χ2n) is 6.87. The molecule has 1 aliphatic heterocycles. The molecule has 1 aromatic heterocycles. The first-order valence-corrected chi connectivity index (χ1v) is 11.4. The number of carbonyl (C=O) groups excluding carboxylic acids is 1. The second kappa shape index (κ2) is 9.94. The van der Waals surface area contributed by atoms with Gasteiger partial charge in [0.05, 0.1) is 11.5 Å². The number of amides is 1. The monoisotopic (exact) mass is 493 g/mol. The highest BCUT2D eigenvalue weighted by Gasteiger charge is 2.37. The average molecular weight is 494 g/mol. The van der Waals surface area contributed by atoms with Crippen LogP contribution in [-0.2, 0) is 11.2 Å². The molecule has 7 heteroatoms.